The summed E-state index contributed by atoms with van der Waals surface area (Å²) < 4.78 is 0. The molecule has 20 heavy (non-hydrogen) atoms. The van der Waals surface area contributed by atoms with Crippen molar-refractivity contribution in [1.29, 1.82) is 0 Å². The van der Waals surface area contributed by atoms with E-state index in [4.69, 9.17) is 11.5 Å². The Hall–Kier alpha value is -1.34. The molecule has 3 rings (SSSR count). The number of anilines is 2. The average molecular weight is 295 g/mol. The van der Waals surface area contributed by atoms with Gasteiger partial charge in [0.15, 0.2) is 5.13 Å². The highest BCUT2D eigenvalue weighted by Crippen LogP contribution is 2.31. The fourth-order valence-corrected chi connectivity index (χ4v) is 3.77. The molecule has 0 radical (unpaired) electrons. The van der Waals surface area contributed by atoms with E-state index in [0.29, 0.717) is 10.7 Å². The number of amides is 1. The van der Waals surface area contributed by atoms with E-state index in [1.807, 2.05) is 4.90 Å². The lowest BCUT2D eigenvalue weighted by atomic mass is 10.1. The van der Waals surface area contributed by atoms with Gasteiger partial charge in [-0.05, 0) is 25.7 Å². The van der Waals surface area contributed by atoms with Crippen molar-refractivity contribution in [3.05, 3.63) is 4.88 Å². The van der Waals surface area contributed by atoms with E-state index in [1.165, 1.54) is 11.3 Å². The molecule has 1 amide bonds. The van der Waals surface area contributed by atoms with Crippen LogP contribution in [0.15, 0.2) is 0 Å². The second kappa shape index (κ2) is 5.57. The molecule has 6 nitrogen and oxygen atoms in total. The summed E-state index contributed by atoms with van der Waals surface area (Å²) in [5, 5.41) is 0.858. The van der Waals surface area contributed by atoms with Crippen LogP contribution in [0.3, 0.4) is 0 Å². The first-order valence-corrected chi connectivity index (χ1v) is 8.03. The Morgan fingerprint density at radius 2 is 1.85 bits per heavy atom. The summed E-state index contributed by atoms with van der Waals surface area (Å²) >= 11 is 1.42. The topological polar surface area (TPSA) is 88.5 Å². The van der Waals surface area contributed by atoms with Crippen molar-refractivity contribution in [1.82, 2.24) is 9.88 Å². The van der Waals surface area contributed by atoms with Gasteiger partial charge in [0.1, 0.15) is 10.7 Å². The van der Waals surface area contributed by atoms with Gasteiger partial charge in [0.25, 0.3) is 5.91 Å². The summed E-state index contributed by atoms with van der Waals surface area (Å²) in [5.74, 6) is 0.411. The van der Waals surface area contributed by atoms with E-state index in [1.54, 1.807) is 0 Å². The van der Waals surface area contributed by atoms with Crippen molar-refractivity contribution in [3.8, 4) is 0 Å². The Kier molecular flexibility index (Phi) is 3.80. The van der Waals surface area contributed by atoms with Crippen molar-refractivity contribution >= 4 is 28.2 Å². The van der Waals surface area contributed by atoms with E-state index >= 15 is 0 Å². The molecule has 4 N–H and O–H groups in total. The Morgan fingerprint density at radius 3 is 2.50 bits per heavy atom. The number of hydrogen-bond acceptors (Lipinski definition) is 6. The van der Waals surface area contributed by atoms with E-state index in [-0.39, 0.29) is 11.9 Å². The van der Waals surface area contributed by atoms with Crippen molar-refractivity contribution in [3.63, 3.8) is 0 Å². The highest BCUT2D eigenvalue weighted by Gasteiger charge is 2.26. The molecular weight excluding hydrogens is 274 g/mol. The summed E-state index contributed by atoms with van der Waals surface area (Å²) in [5.41, 5.74) is 11.9. The van der Waals surface area contributed by atoms with Crippen LogP contribution < -0.4 is 16.4 Å². The predicted molar refractivity (Wildman–Crippen MR) is 81.1 cm³/mol. The third-order valence-corrected chi connectivity index (χ3v) is 5.16. The molecule has 3 heterocycles. The largest absolute Gasteiger partial charge is 0.382 e. The number of likely N-dealkylation sites (tertiary alicyclic amines) is 1. The zero-order valence-electron chi connectivity index (χ0n) is 11.5. The quantitative estimate of drug-likeness (QED) is 0.846. The lowest BCUT2D eigenvalue weighted by molar-refractivity contribution is 0.0798. The Labute approximate surface area is 122 Å². The maximum Gasteiger partial charge on any atom is 0.267 e. The number of carbonyl (C=O) groups excluding carboxylic acids is 1. The Balaban J connectivity index is 1.75. The molecule has 2 fully saturated rings. The molecule has 0 spiro atoms. The molecule has 2 aliphatic heterocycles. The third kappa shape index (κ3) is 2.60. The molecular formula is C13H21N5OS. The third-order valence-electron chi connectivity index (χ3n) is 4.04. The lowest BCUT2D eigenvalue weighted by Gasteiger charge is -2.29. The molecule has 1 aromatic heterocycles. The van der Waals surface area contributed by atoms with Crippen LogP contribution in [0, 0.1) is 0 Å². The predicted octanol–water partition coefficient (Wildman–Crippen LogP) is 0.889. The van der Waals surface area contributed by atoms with Crippen LogP contribution in [0.2, 0.25) is 0 Å². The zero-order valence-corrected chi connectivity index (χ0v) is 12.4. The number of aromatic nitrogens is 1. The van der Waals surface area contributed by atoms with Gasteiger partial charge in [0, 0.05) is 32.2 Å². The number of carbonyl (C=O) groups is 1. The smallest absolute Gasteiger partial charge is 0.267 e. The fourth-order valence-electron chi connectivity index (χ4n) is 2.76. The second-order valence-electron chi connectivity index (χ2n) is 5.53. The van der Waals surface area contributed by atoms with E-state index in [0.717, 1.165) is 57.0 Å². The van der Waals surface area contributed by atoms with Crippen molar-refractivity contribution in [2.45, 2.75) is 31.7 Å². The van der Waals surface area contributed by atoms with Crippen molar-refractivity contribution in [2.24, 2.45) is 5.73 Å². The molecule has 0 aliphatic carbocycles. The summed E-state index contributed by atoms with van der Waals surface area (Å²) in [7, 11) is 0. The number of thiazole rings is 1. The normalized spacial score (nSPS) is 20.6. The van der Waals surface area contributed by atoms with Gasteiger partial charge in [0.05, 0.1) is 0 Å². The van der Waals surface area contributed by atoms with Gasteiger partial charge in [-0.25, -0.2) is 4.98 Å². The lowest BCUT2D eigenvalue weighted by Crippen LogP contribution is -2.39. The summed E-state index contributed by atoms with van der Waals surface area (Å²) in [4.78, 5) is 21.4. The zero-order chi connectivity index (χ0) is 14.1. The molecule has 0 atom stereocenters. The first-order valence-electron chi connectivity index (χ1n) is 7.21. The maximum absolute atomic E-state index is 12.4. The molecule has 110 valence electrons. The van der Waals surface area contributed by atoms with Gasteiger partial charge in [0.2, 0.25) is 0 Å². The maximum atomic E-state index is 12.4. The van der Waals surface area contributed by atoms with Crippen LogP contribution in [0.1, 0.15) is 35.4 Å². The number of rotatable bonds is 2. The van der Waals surface area contributed by atoms with Gasteiger partial charge in [-0.1, -0.05) is 11.3 Å². The highest BCUT2D eigenvalue weighted by atomic mass is 32.1. The average Bonchev–Trinajstić information content (AvgIpc) is 3.08. The standard InChI is InChI=1S/C13H21N5OS/c14-9-3-7-18(8-4-9)13-16-11(15)10(20-13)12(19)17-5-1-2-6-17/h9H,1-8,14-15H2. The molecule has 0 aromatic carbocycles. The summed E-state index contributed by atoms with van der Waals surface area (Å²) in [6.45, 7) is 3.46. The minimum atomic E-state index is 0.0393. The molecule has 1 aromatic rings. The van der Waals surface area contributed by atoms with Gasteiger partial charge in [-0.2, -0.15) is 0 Å². The SMILES string of the molecule is Nc1nc(N2CCC(N)CC2)sc1C(=O)N1CCCC1. The fraction of sp³-hybridized carbons (Fsp3) is 0.692. The molecule has 2 saturated heterocycles. The van der Waals surface area contributed by atoms with Crippen LogP contribution in [0.25, 0.3) is 0 Å². The van der Waals surface area contributed by atoms with Crippen LogP contribution in [-0.2, 0) is 0 Å². The van der Waals surface area contributed by atoms with Gasteiger partial charge in [-0.15, -0.1) is 0 Å². The van der Waals surface area contributed by atoms with E-state index in [2.05, 4.69) is 9.88 Å². The van der Waals surface area contributed by atoms with E-state index < -0.39 is 0 Å². The number of nitrogen functional groups attached to an aromatic ring is 1. The second-order valence-corrected chi connectivity index (χ2v) is 6.51. The number of piperidine rings is 1. The first kappa shape index (κ1) is 13.6. The Morgan fingerprint density at radius 1 is 1.20 bits per heavy atom. The molecule has 0 saturated carbocycles. The number of nitrogens with zero attached hydrogens (tertiary/aromatic N) is 3. The van der Waals surface area contributed by atoms with Gasteiger partial charge in [-0.3, -0.25) is 4.79 Å². The summed E-state index contributed by atoms with van der Waals surface area (Å²) in [6.07, 6.45) is 4.10. The molecule has 0 unspecified atom stereocenters. The molecule has 7 heteroatoms. The van der Waals surface area contributed by atoms with Gasteiger partial charge < -0.3 is 21.3 Å². The number of nitrogens with two attached hydrogens (primary N) is 2. The number of hydrogen-bond donors (Lipinski definition) is 2. The Bertz CT molecular complexity index is 489. The minimum absolute atomic E-state index is 0.0393. The van der Waals surface area contributed by atoms with Crippen LogP contribution in [0.4, 0.5) is 10.9 Å². The van der Waals surface area contributed by atoms with Crippen LogP contribution in [-0.4, -0.2) is 48.0 Å². The summed E-state index contributed by atoms with van der Waals surface area (Å²) in [6, 6.07) is 0.286. The van der Waals surface area contributed by atoms with Crippen molar-refractivity contribution in [2.75, 3.05) is 36.8 Å². The minimum Gasteiger partial charge on any atom is -0.382 e. The molecule has 0 bridgehead atoms. The molecule has 2 aliphatic rings. The first-order chi connectivity index (χ1) is 9.65. The van der Waals surface area contributed by atoms with Crippen LogP contribution in [0.5, 0.6) is 0 Å². The monoisotopic (exact) mass is 295 g/mol. The van der Waals surface area contributed by atoms with E-state index in [9.17, 15) is 4.79 Å². The van der Waals surface area contributed by atoms with Crippen LogP contribution >= 0.6 is 11.3 Å². The van der Waals surface area contributed by atoms with Crippen molar-refractivity contribution < 1.29 is 4.79 Å². The highest BCUT2D eigenvalue weighted by molar-refractivity contribution is 7.18. The van der Waals surface area contributed by atoms with Gasteiger partial charge >= 0.3 is 0 Å².